The molecule has 0 aliphatic carbocycles. The lowest BCUT2D eigenvalue weighted by molar-refractivity contribution is -0.117. The molecule has 1 atom stereocenters. The fraction of sp³-hybridized carbons (Fsp3) is 0.176. The summed E-state index contributed by atoms with van der Waals surface area (Å²) in [5.74, 6) is -0.391. The topological polar surface area (TPSA) is 112 Å². The Morgan fingerprint density at radius 3 is 2.46 bits per heavy atom. The van der Waals surface area contributed by atoms with Gasteiger partial charge >= 0.3 is 0 Å². The smallest absolute Gasteiger partial charge is 0.282 e. The van der Waals surface area contributed by atoms with Gasteiger partial charge in [-0.1, -0.05) is 24.3 Å². The van der Waals surface area contributed by atoms with Crippen LogP contribution in [0.5, 0.6) is 0 Å². The van der Waals surface area contributed by atoms with E-state index in [2.05, 4.69) is 15.3 Å². The molecule has 134 valence electrons. The van der Waals surface area contributed by atoms with Crippen LogP contribution in [0.2, 0.25) is 0 Å². The van der Waals surface area contributed by atoms with Gasteiger partial charge in [-0.25, -0.2) is 0 Å². The molecule has 1 aliphatic rings. The standard InChI is InChI=1S/C17H16N4O4S/c1-11-8-9-14(15(10-11)26(23,24)25)18-19-16-12(2)20-21(17(16)22)13-6-4-3-5-7-13/h3-10,16H,1-2H3,(H,23,24,25). The van der Waals surface area contributed by atoms with Crippen LogP contribution in [-0.4, -0.2) is 30.6 Å². The second-order valence-electron chi connectivity index (χ2n) is 5.79. The molecule has 2 aromatic carbocycles. The summed E-state index contributed by atoms with van der Waals surface area (Å²) in [5.41, 5.74) is 1.63. The molecule has 0 aromatic heterocycles. The molecule has 0 spiro atoms. The highest BCUT2D eigenvalue weighted by Gasteiger charge is 2.34. The SMILES string of the molecule is CC1=NN(c2ccccc2)C(=O)C1N=Nc1ccc(C)cc1S(=O)(=O)O. The maximum Gasteiger partial charge on any atom is 0.296 e. The molecule has 1 heterocycles. The molecule has 9 heteroatoms. The molecule has 8 nitrogen and oxygen atoms in total. The lowest BCUT2D eigenvalue weighted by Crippen LogP contribution is -2.29. The minimum atomic E-state index is -4.46. The van der Waals surface area contributed by atoms with Gasteiger partial charge in [-0.05, 0) is 43.7 Å². The van der Waals surface area contributed by atoms with Crippen LogP contribution >= 0.6 is 0 Å². The van der Waals surface area contributed by atoms with E-state index in [1.54, 1.807) is 44.2 Å². The van der Waals surface area contributed by atoms with Crippen molar-refractivity contribution in [3.8, 4) is 0 Å². The third-order valence-corrected chi connectivity index (χ3v) is 4.65. The molecule has 0 bridgehead atoms. The predicted molar refractivity (Wildman–Crippen MR) is 96.3 cm³/mol. The van der Waals surface area contributed by atoms with Gasteiger partial charge in [-0.3, -0.25) is 9.35 Å². The summed E-state index contributed by atoms with van der Waals surface area (Å²) in [5, 5.41) is 13.3. The second-order valence-corrected chi connectivity index (χ2v) is 7.18. The van der Waals surface area contributed by atoms with Crippen LogP contribution in [0.4, 0.5) is 11.4 Å². The minimum absolute atomic E-state index is 0.0446. The molecule has 0 radical (unpaired) electrons. The lowest BCUT2D eigenvalue weighted by atomic mass is 10.2. The van der Waals surface area contributed by atoms with E-state index >= 15 is 0 Å². The van der Waals surface area contributed by atoms with Gasteiger partial charge in [0.15, 0.2) is 6.04 Å². The number of rotatable bonds is 4. The monoisotopic (exact) mass is 372 g/mol. The van der Waals surface area contributed by atoms with Gasteiger partial charge < -0.3 is 0 Å². The Morgan fingerprint density at radius 2 is 1.81 bits per heavy atom. The van der Waals surface area contributed by atoms with Crippen LogP contribution in [0.25, 0.3) is 0 Å². The Labute approximate surface area is 150 Å². The zero-order valence-electron chi connectivity index (χ0n) is 14.1. The summed E-state index contributed by atoms with van der Waals surface area (Å²) in [6.45, 7) is 3.33. The molecule has 1 aliphatic heterocycles. The minimum Gasteiger partial charge on any atom is -0.282 e. The van der Waals surface area contributed by atoms with E-state index < -0.39 is 22.1 Å². The van der Waals surface area contributed by atoms with Crippen LogP contribution in [0.3, 0.4) is 0 Å². The van der Waals surface area contributed by atoms with E-state index in [1.807, 2.05) is 6.07 Å². The number of aryl methyl sites for hydroxylation is 1. The summed E-state index contributed by atoms with van der Waals surface area (Å²) in [4.78, 5) is 12.2. The van der Waals surface area contributed by atoms with Crippen LogP contribution < -0.4 is 5.01 Å². The van der Waals surface area contributed by atoms with Crippen LogP contribution in [0.1, 0.15) is 12.5 Å². The van der Waals surface area contributed by atoms with Gasteiger partial charge in [0.1, 0.15) is 10.6 Å². The van der Waals surface area contributed by atoms with Crippen LogP contribution in [0, 0.1) is 6.92 Å². The molecule has 0 fully saturated rings. The normalized spacial score (nSPS) is 17.8. The van der Waals surface area contributed by atoms with Gasteiger partial charge in [-0.15, -0.1) is 0 Å². The number of carbonyl (C=O) groups excluding carboxylic acids is 1. The second kappa shape index (κ2) is 6.77. The first kappa shape index (κ1) is 17.9. The van der Waals surface area contributed by atoms with E-state index in [0.717, 1.165) is 0 Å². The number of amides is 1. The number of benzene rings is 2. The van der Waals surface area contributed by atoms with Crippen molar-refractivity contribution in [3.05, 3.63) is 54.1 Å². The molecular formula is C17H16N4O4S. The predicted octanol–water partition coefficient (Wildman–Crippen LogP) is 3.12. The molecule has 0 saturated heterocycles. The Kier molecular flexibility index (Phi) is 4.66. The largest absolute Gasteiger partial charge is 0.296 e. The van der Waals surface area contributed by atoms with Gasteiger partial charge in [0, 0.05) is 0 Å². The number of hydrazone groups is 1. The van der Waals surface area contributed by atoms with Crippen molar-refractivity contribution in [2.75, 3.05) is 5.01 Å². The zero-order chi connectivity index (χ0) is 18.9. The Bertz CT molecular complexity index is 1020. The first-order chi connectivity index (χ1) is 12.3. The fourth-order valence-electron chi connectivity index (χ4n) is 2.47. The summed E-state index contributed by atoms with van der Waals surface area (Å²) >= 11 is 0. The van der Waals surface area contributed by atoms with Crippen molar-refractivity contribution in [2.24, 2.45) is 15.3 Å². The number of anilines is 1. The van der Waals surface area contributed by atoms with Crippen molar-refractivity contribution in [3.63, 3.8) is 0 Å². The highest BCUT2D eigenvalue weighted by atomic mass is 32.2. The van der Waals surface area contributed by atoms with Crippen molar-refractivity contribution >= 4 is 33.1 Å². The van der Waals surface area contributed by atoms with E-state index in [9.17, 15) is 17.8 Å². The van der Waals surface area contributed by atoms with E-state index in [1.165, 1.54) is 17.1 Å². The van der Waals surface area contributed by atoms with Crippen molar-refractivity contribution in [1.29, 1.82) is 0 Å². The average molecular weight is 372 g/mol. The summed E-state index contributed by atoms with van der Waals surface area (Å²) < 4.78 is 32.4. The van der Waals surface area contributed by atoms with Crippen LogP contribution in [0.15, 0.2) is 68.8 Å². The van der Waals surface area contributed by atoms with Crippen LogP contribution in [-0.2, 0) is 14.9 Å². The number of azo groups is 1. The van der Waals surface area contributed by atoms with Gasteiger partial charge in [0.05, 0.1) is 11.4 Å². The van der Waals surface area contributed by atoms with E-state index in [4.69, 9.17) is 0 Å². The summed E-state index contributed by atoms with van der Waals surface area (Å²) in [6, 6.07) is 12.3. The van der Waals surface area contributed by atoms with Crippen molar-refractivity contribution in [1.82, 2.24) is 0 Å². The highest BCUT2D eigenvalue weighted by molar-refractivity contribution is 7.86. The third-order valence-electron chi connectivity index (χ3n) is 3.77. The van der Waals surface area contributed by atoms with E-state index in [0.29, 0.717) is 17.0 Å². The molecule has 2 aromatic rings. The Balaban J connectivity index is 1.91. The number of carbonyl (C=O) groups is 1. The molecule has 0 saturated carbocycles. The fourth-order valence-corrected chi connectivity index (χ4v) is 3.18. The summed E-state index contributed by atoms with van der Waals surface area (Å²) in [6.07, 6.45) is 0. The average Bonchev–Trinajstić information content (AvgIpc) is 2.88. The quantitative estimate of drug-likeness (QED) is 0.656. The van der Waals surface area contributed by atoms with Crippen molar-refractivity contribution in [2.45, 2.75) is 24.8 Å². The maximum absolute atomic E-state index is 12.6. The number of hydrogen-bond donors (Lipinski definition) is 1. The first-order valence-electron chi connectivity index (χ1n) is 7.70. The maximum atomic E-state index is 12.6. The number of hydrogen-bond acceptors (Lipinski definition) is 6. The molecule has 1 unspecified atom stereocenters. The molecular weight excluding hydrogens is 356 g/mol. The van der Waals surface area contributed by atoms with Gasteiger partial charge in [-0.2, -0.15) is 28.8 Å². The third kappa shape index (κ3) is 3.53. The summed E-state index contributed by atoms with van der Waals surface area (Å²) in [7, 11) is -4.46. The number of nitrogens with zero attached hydrogens (tertiary/aromatic N) is 4. The number of para-hydroxylation sites is 1. The highest BCUT2D eigenvalue weighted by Crippen LogP contribution is 2.27. The molecule has 1 N–H and O–H groups in total. The Hall–Kier alpha value is -2.91. The first-order valence-corrected chi connectivity index (χ1v) is 9.14. The molecule has 26 heavy (non-hydrogen) atoms. The lowest BCUT2D eigenvalue weighted by Gasteiger charge is -2.11. The Morgan fingerprint density at radius 1 is 1.12 bits per heavy atom. The van der Waals surface area contributed by atoms with Crippen molar-refractivity contribution < 1.29 is 17.8 Å². The van der Waals surface area contributed by atoms with E-state index in [-0.39, 0.29) is 10.6 Å². The molecule has 3 rings (SSSR count). The van der Waals surface area contributed by atoms with Gasteiger partial charge in [0.2, 0.25) is 0 Å². The molecule has 1 amide bonds. The van der Waals surface area contributed by atoms with Gasteiger partial charge in [0.25, 0.3) is 16.0 Å². The zero-order valence-corrected chi connectivity index (χ0v) is 14.9.